The molecule has 2 amide bonds. The zero-order valence-corrected chi connectivity index (χ0v) is 21.1. The summed E-state index contributed by atoms with van der Waals surface area (Å²) in [6.45, 7) is 1.60. The maximum atomic E-state index is 13.0. The van der Waals surface area contributed by atoms with Gasteiger partial charge in [0.15, 0.2) is 0 Å². The van der Waals surface area contributed by atoms with E-state index in [9.17, 15) is 18.0 Å². The summed E-state index contributed by atoms with van der Waals surface area (Å²) in [4.78, 5) is 25.6. The Bertz CT molecular complexity index is 1080. The van der Waals surface area contributed by atoms with Crippen molar-refractivity contribution in [3.63, 3.8) is 0 Å². The van der Waals surface area contributed by atoms with Crippen LogP contribution in [0.3, 0.4) is 0 Å². The lowest BCUT2D eigenvalue weighted by Gasteiger charge is -2.31. The number of methoxy groups -OCH3 is 1. The second-order valence-corrected chi connectivity index (χ2v) is 10.8. The minimum absolute atomic E-state index is 0.0578. The largest absolute Gasteiger partial charge is 0.385 e. The lowest BCUT2D eigenvalue weighted by molar-refractivity contribution is -0.120. The van der Waals surface area contributed by atoms with Crippen molar-refractivity contribution in [2.24, 2.45) is 5.92 Å². The molecule has 9 heteroatoms. The van der Waals surface area contributed by atoms with Gasteiger partial charge in [0.05, 0.1) is 22.9 Å². The highest BCUT2D eigenvalue weighted by atomic mass is 32.2. The summed E-state index contributed by atoms with van der Waals surface area (Å²) in [6, 6.07) is 16.6. The maximum Gasteiger partial charge on any atom is 0.253 e. The van der Waals surface area contributed by atoms with E-state index in [0.29, 0.717) is 63.1 Å². The Balaban J connectivity index is 1.56. The number of aryl methyl sites for hydroxylation is 1. The first-order valence-electron chi connectivity index (χ1n) is 12.1. The molecule has 2 aromatic rings. The highest BCUT2D eigenvalue weighted by molar-refractivity contribution is 7.89. The van der Waals surface area contributed by atoms with Gasteiger partial charge in [-0.05, 0) is 49.8 Å². The number of nitrogens with one attached hydrogen (secondary N) is 2. The van der Waals surface area contributed by atoms with E-state index in [2.05, 4.69) is 10.6 Å². The van der Waals surface area contributed by atoms with Gasteiger partial charge in [-0.15, -0.1) is 0 Å². The third-order valence-electron chi connectivity index (χ3n) is 6.10. The molecule has 0 radical (unpaired) electrons. The number of carbonyl (C=O) groups is 2. The lowest BCUT2D eigenvalue weighted by Crippen LogP contribution is -2.44. The second-order valence-electron chi connectivity index (χ2n) is 8.74. The van der Waals surface area contributed by atoms with Crippen LogP contribution >= 0.6 is 0 Å². The van der Waals surface area contributed by atoms with Crippen molar-refractivity contribution in [1.29, 1.82) is 0 Å². The van der Waals surface area contributed by atoms with E-state index in [-0.39, 0.29) is 24.1 Å². The van der Waals surface area contributed by atoms with E-state index >= 15 is 0 Å². The highest BCUT2D eigenvalue weighted by Crippen LogP contribution is 2.23. The van der Waals surface area contributed by atoms with Gasteiger partial charge in [0.2, 0.25) is 15.9 Å². The fourth-order valence-electron chi connectivity index (χ4n) is 4.18. The van der Waals surface area contributed by atoms with Gasteiger partial charge in [-0.3, -0.25) is 9.59 Å². The normalized spacial score (nSPS) is 16.5. The second kappa shape index (κ2) is 13.4. The number of carbonyl (C=O) groups excluding carboxylic acids is 2. The molecular weight excluding hydrogens is 466 g/mol. The highest BCUT2D eigenvalue weighted by Gasteiger charge is 2.32. The van der Waals surface area contributed by atoms with Crippen LogP contribution in [0.25, 0.3) is 0 Å². The molecule has 0 aromatic heterocycles. The van der Waals surface area contributed by atoms with Crippen molar-refractivity contribution in [2.45, 2.75) is 32.1 Å². The van der Waals surface area contributed by atoms with Crippen LogP contribution in [0.1, 0.15) is 41.6 Å². The van der Waals surface area contributed by atoms with Crippen LogP contribution in [0, 0.1) is 5.92 Å². The van der Waals surface area contributed by atoms with E-state index in [1.165, 1.54) is 4.31 Å². The van der Waals surface area contributed by atoms with Gasteiger partial charge in [0, 0.05) is 33.4 Å². The van der Waals surface area contributed by atoms with Gasteiger partial charge >= 0.3 is 0 Å². The number of amides is 2. The average molecular weight is 502 g/mol. The summed E-state index contributed by atoms with van der Waals surface area (Å²) in [6.07, 6.45) is 3.15. The molecule has 1 aliphatic heterocycles. The van der Waals surface area contributed by atoms with Gasteiger partial charge in [-0.1, -0.05) is 42.5 Å². The number of anilines is 1. The first-order valence-corrected chi connectivity index (χ1v) is 13.7. The molecule has 0 spiro atoms. The first-order chi connectivity index (χ1) is 16.9. The van der Waals surface area contributed by atoms with Crippen molar-refractivity contribution in [1.82, 2.24) is 9.62 Å². The van der Waals surface area contributed by atoms with Crippen LogP contribution in [0.5, 0.6) is 0 Å². The predicted molar refractivity (Wildman–Crippen MR) is 137 cm³/mol. The number of sulfonamides is 1. The first kappa shape index (κ1) is 26.8. The molecule has 1 atom stereocenters. The Morgan fingerprint density at radius 1 is 1.06 bits per heavy atom. The number of nitrogens with zero attached hydrogens (tertiary/aromatic N) is 1. The Labute approximate surface area is 208 Å². The molecule has 190 valence electrons. The van der Waals surface area contributed by atoms with Crippen molar-refractivity contribution in [3.8, 4) is 0 Å². The molecular formula is C26H35N3O5S. The molecule has 35 heavy (non-hydrogen) atoms. The molecule has 2 N–H and O–H groups in total. The fraction of sp³-hybridized carbons (Fsp3) is 0.462. The van der Waals surface area contributed by atoms with Gasteiger partial charge < -0.3 is 15.4 Å². The summed E-state index contributed by atoms with van der Waals surface area (Å²) < 4.78 is 32.3. The molecule has 0 aliphatic carbocycles. The summed E-state index contributed by atoms with van der Waals surface area (Å²) in [5.74, 6) is -0.954. The molecule has 2 aromatic carbocycles. The van der Waals surface area contributed by atoms with E-state index in [0.717, 1.165) is 5.56 Å². The average Bonchev–Trinajstić information content (AvgIpc) is 2.87. The summed E-state index contributed by atoms with van der Waals surface area (Å²) >= 11 is 0. The Hall–Kier alpha value is -2.75. The fourth-order valence-corrected chi connectivity index (χ4v) is 5.76. The van der Waals surface area contributed by atoms with Crippen molar-refractivity contribution in [2.75, 3.05) is 44.4 Å². The minimum Gasteiger partial charge on any atom is -0.385 e. The van der Waals surface area contributed by atoms with E-state index < -0.39 is 15.9 Å². The third kappa shape index (κ3) is 8.16. The zero-order chi connectivity index (χ0) is 25.1. The van der Waals surface area contributed by atoms with Gasteiger partial charge in [0.1, 0.15) is 0 Å². The van der Waals surface area contributed by atoms with Crippen molar-refractivity contribution in [3.05, 3.63) is 65.7 Å². The van der Waals surface area contributed by atoms with Crippen LogP contribution in [-0.2, 0) is 26.0 Å². The van der Waals surface area contributed by atoms with Crippen LogP contribution in [0.4, 0.5) is 5.69 Å². The zero-order valence-electron chi connectivity index (χ0n) is 20.2. The molecule has 1 aliphatic rings. The number of ether oxygens (including phenoxy) is 1. The third-order valence-corrected chi connectivity index (χ3v) is 8.02. The number of rotatable bonds is 12. The number of piperidine rings is 1. The Morgan fingerprint density at radius 3 is 2.57 bits per heavy atom. The summed E-state index contributed by atoms with van der Waals surface area (Å²) in [5, 5.41) is 5.68. The molecule has 8 nitrogen and oxygen atoms in total. The van der Waals surface area contributed by atoms with Crippen molar-refractivity contribution < 1.29 is 22.7 Å². The van der Waals surface area contributed by atoms with Crippen LogP contribution in [-0.4, -0.2) is 63.6 Å². The van der Waals surface area contributed by atoms with Gasteiger partial charge in [-0.25, -0.2) is 12.7 Å². The molecule has 3 rings (SSSR count). The maximum absolute atomic E-state index is 13.0. The quantitative estimate of drug-likeness (QED) is 0.435. The topological polar surface area (TPSA) is 105 Å². The van der Waals surface area contributed by atoms with Crippen LogP contribution in [0.15, 0.2) is 54.6 Å². The molecule has 0 saturated carbocycles. The standard InChI is InChI=1S/C26H35N3O5S/c1-34-18-9-16-27-26(31)23-14-5-6-15-24(23)28-25(30)22-13-7-17-29(20-22)35(32,33)19-8-12-21-10-3-2-4-11-21/h2-6,10-11,14-15,22H,7-9,12-13,16-20H2,1H3,(H,27,31)(H,28,30). The molecule has 1 saturated heterocycles. The minimum atomic E-state index is -3.45. The number of benzene rings is 2. The molecule has 0 bridgehead atoms. The summed E-state index contributed by atoms with van der Waals surface area (Å²) in [5.41, 5.74) is 1.91. The molecule has 1 heterocycles. The number of hydrogen-bond donors (Lipinski definition) is 2. The monoisotopic (exact) mass is 501 g/mol. The van der Waals surface area contributed by atoms with Crippen molar-refractivity contribution >= 4 is 27.5 Å². The predicted octanol–water partition coefficient (Wildman–Crippen LogP) is 3.07. The number of hydrogen-bond acceptors (Lipinski definition) is 5. The molecule has 1 fully saturated rings. The van der Waals surface area contributed by atoms with E-state index in [1.807, 2.05) is 30.3 Å². The summed E-state index contributed by atoms with van der Waals surface area (Å²) in [7, 11) is -1.84. The SMILES string of the molecule is COCCCNC(=O)c1ccccc1NC(=O)C1CCCN(S(=O)(=O)CCCc2ccccc2)C1. The number of para-hydroxylation sites is 1. The van der Waals surface area contributed by atoms with Crippen LogP contribution in [0.2, 0.25) is 0 Å². The van der Waals surface area contributed by atoms with Gasteiger partial charge in [0.25, 0.3) is 5.91 Å². The van der Waals surface area contributed by atoms with E-state index in [4.69, 9.17) is 4.74 Å². The Kier molecular flexibility index (Phi) is 10.3. The lowest BCUT2D eigenvalue weighted by atomic mass is 9.98. The van der Waals surface area contributed by atoms with Gasteiger partial charge in [-0.2, -0.15) is 0 Å². The Morgan fingerprint density at radius 2 is 1.80 bits per heavy atom. The smallest absolute Gasteiger partial charge is 0.253 e. The van der Waals surface area contributed by atoms with Crippen LogP contribution < -0.4 is 10.6 Å². The molecule has 1 unspecified atom stereocenters. The van der Waals surface area contributed by atoms with E-state index in [1.54, 1.807) is 31.4 Å².